The Bertz CT molecular complexity index is 889. The van der Waals surface area contributed by atoms with E-state index in [1.807, 2.05) is 52.7 Å². The molecule has 5 nitrogen and oxygen atoms in total. The number of carbonyl (C=O) groups is 1. The Balaban J connectivity index is 1.35. The molecule has 0 aliphatic carbocycles. The molecule has 2 N–H and O–H groups in total. The molecule has 0 spiro atoms. The smallest absolute Gasteiger partial charge is 0.321 e. The van der Waals surface area contributed by atoms with Gasteiger partial charge < -0.3 is 15.3 Å². The highest BCUT2D eigenvalue weighted by Crippen LogP contribution is 2.33. The summed E-state index contributed by atoms with van der Waals surface area (Å²) in [6, 6.07) is 13.5. The lowest BCUT2D eigenvalue weighted by Crippen LogP contribution is -2.42. The number of hydrogen-bond acceptors (Lipinski definition) is 4. The Morgan fingerprint density at radius 1 is 1.23 bits per heavy atom. The molecule has 0 saturated carbocycles. The lowest BCUT2D eigenvalue weighted by Gasteiger charge is -2.34. The van der Waals surface area contributed by atoms with E-state index in [9.17, 15) is 9.90 Å². The Hall–Kier alpha value is -2.44. The Morgan fingerprint density at radius 3 is 2.85 bits per heavy atom. The van der Waals surface area contributed by atoms with Crippen LogP contribution in [-0.4, -0.2) is 34.1 Å². The quantitative estimate of drug-likeness (QED) is 0.726. The minimum Gasteiger partial charge on any atom is -0.387 e. The van der Waals surface area contributed by atoms with Crippen LogP contribution in [0.15, 0.2) is 54.0 Å². The number of hydrogen-bond donors (Lipinski definition) is 2. The zero-order valence-electron chi connectivity index (χ0n) is 14.3. The van der Waals surface area contributed by atoms with Crippen LogP contribution in [0.5, 0.6) is 0 Å². The monoisotopic (exact) mass is 367 g/mol. The predicted molar refractivity (Wildman–Crippen MR) is 104 cm³/mol. The number of anilines is 1. The van der Waals surface area contributed by atoms with Crippen molar-refractivity contribution in [2.75, 3.05) is 18.4 Å². The minimum atomic E-state index is -0.424. The van der Waals surface area contributed by atoms with Gasteiger partial charge in [0.2, 0.25) is 0 Å². The number of amides is 2. The van der Waals surface area contributed by atoms with E-state index in [0.29, 0.717) is 13.1 Å². The van der Waals surface area contributed by atoms with Crippen molar-refractivity contribution >= 4 is 34.0 Å². The van der Waals surface area contributed by atoms with Crippen molar-refractivity contribution in [2.24, 2.45) is 5.92 Å². The summed E-state index contributed by atoms with van der Waals surface area (Å²) in [5.41, 5.74) is 1.62. The lowest BCUT2D eigenvalue weighted by atomic mass is 9.90. The van der Waals surface area contributed by atoms with Gasteiger partial charge in [0.15, 0.2) is 0 Å². The van der Waals surface area contributed by atoms with Crippen LogP contribution in [0.25, 0.3) is 10.9 Å². The number of thiophene rings is 1. The van der Waals surface area contributed by atoms with Crippen LogP contribution < -0.4 is 5.32 Å². The number of aliphatic hydroxyl groups is 1. The Kier molecular flexibility index (Phi) is 4.86. The molecule has 2 amide bonds. The molecule has 3 aromatic rings. The first kappa shape index (κ1) is 17.0. The maximum absolute atomic E-state index is 12.5. The van der Waals surface area contributed by atoms with Crippen LogP contribution in [0.2, 0.25) is 0 Å². The first-order chi connectivity index (χ1) is 12.7. The third kappa shape index (κ3) is 3.57. The molecule has 1 saturated heterocycles. The van der Waals surface area contributed by atoms with Gasteiger partial charge in [-0.3, -0.25) is 4.98 Å². The number of urea groups is 1. The van der Waals surface area contributed by atoms with Crippen molar-refractivity contribution < 1.29 is 9.90 Å². The standard InChI is InChI=1S/C20H21N3O2S/c24-19(18-4-2-12-26-18)15-7-10-23(11-8-15)20(25)22-16-6-5-14-3-1-9-21-17(14)13-16/h1-6,9,12-13,15,19,24H,7-8,10-11H2,(H,22,25)/t19-/m1/s1. The fourth-order valence-electron chi connectivity index (χ4n) is 3.46. The zero-order valence-corrected chi connectivity index (χ0v) is 15.2. The molecule has 1 fully saturated rings. The largest absolute Gasteiger partial charge is 0.387 e. The highest BCUT2D eigenvalue weighted by Gasteiger charge is 2.28. The summed E-state index contributed by atoms with van der Waals surface area (Å²) >= 11 is 1.59. The van der Waals surface area contributed by atoms with E-state index in [0.717, 1.165) is 34.3 Å². The van der Waals surface area contributed by atoms with Crippen molar-refractivity contribution in [1.82, 2.24) is 9.88 Å². The normalized spacial score (nSPS) is 16.6. The summed E-state index contributed by atoms with van der Waals surface area (Å²) in [5.74, 6) is 0.211. The maximum atomic E-state index is 12.5. The molecule has 4 rings (SSSR count). The van der Waals surface area contributed by atoms with Crippen LogP contribution in [0.1, 0.15) is 23.8 Å². The van der Waals surface area contributed by atoms with Crippen LogP contribution >= 0.6 is 11.3 Å². The molecule has 26 heavy (non-hydrogen) atoms. The van der Waals surface area contributed by atoms with E-state index in [2.05, 4.69) is 10.3 Å². The van der Waals surface area contributed by atoms with E-state index in [4.69, 9.17) is 0 Å². The number of nitrogens with one attached hydrogen (secondary N) is 1. The molecule has 2 aromatic heterocycles. The van der Waals surface area contributed by atoms with Gasteiger partial charge in [-0.2, -0.15) is 0 Å². The average molecular weight is 367 g/mol. The topological polar surface area (TPSA) is 65.5 Å². The molecule has 0 radical (unpaired) electrons. The number of aliphatic hydroxyl groups excluding tert-OH is 1. The second-order valence-electron chi connectivity index (χ2n) is 6.63. The number of fused-ring (bicyclic) bond motifs is 1. The molecule has 6 heteroatoms. The van der Waals surface area contributed by atoms with Gasteiger partial charge in [0, 0.05) is 35.2 Å². The van der Waals surface area contributed by atoms with Gasteiger partial charge >= 0.3 is 6.03 Å². The molecule has 1 aliphatic heterocycles. The van der Waals surface area contributed by atoms with E-state index < -0.39 is 6.10 Å². The SMILES string of the molecule is O=C(Nc1ccc2cccnc2c1)N1CCC([C@@H](O)c2cccs2)CC1. The van der Waals surface area contributed by atoms with Gasteiger partial charge in [0.25, 0.3) is 0 Å². The maximum Gasteiger partial charge on any atom is 0.321 e. The first-order valence-electron chi connectivity index (χ1n) is 8.83. The summed E-state index contributed by atoms with van der Waals surface area (Å²) in [7, 11) is 0. The van der Waals surface area contributed by atoms with Crippen molar-refractivity contribution in [3.05, 3.63) is 58.9 Å². The van der Waals surface area contributed by atoms with E-state index in [1.165, 1.54) is 0 Å². The second kappa shape index (κ2) is 7.43. The van der Waals surface area contributed by atoms with Crippen molar-refractivity contribution in [2.45, 2.75) is 18.9 Å². The van der Waals surface area contributed by atoms with Crippen molar-refractivity contribution in [3.63, 3.8) is 0 Å². The van der Waals surface area contributed by atoms with Crippen LogP contribution in [0.4, 0.5) is 10.5 Å². The van der Waals surface area contributed by atoms with Gasteiger partial charge in [-0.25, -0.2) is 4.79 Å². The summed E-state index contributed by atoms with van der Waals surface area (Å²) in [5, 5.41) is 16.5. The van der Waals surface area contributed by atoms with Gasteiger partial charge in [-0.1, -0.05) is 18.2 Å². The average Bonchev–Trinajstić information content (AvgIpc) is 3.22. The number of aromatic nitrogens is 1. The Labute approximate surface area is 156 Å². The number of nitrogens with zero attached hydrogens (tertiary/aromatic N) is 2. The Morgan fingerprint density at radius 2 is 2.08 bits per heavy atom. The van der Waals surface area contributed by atoms with E-state index >= 15 is 0 Å². The van der Waals surface area contributed by atoms with Gasteiger partial charge in [-0.05, 0) is 48.4 Å². The highest BCUT2D eigenvalue weighted by molar-refractivity contribution is 7.10. The van der Waals surface area contributed by atoms with Gasteiger partial charge in [0.1, 0.15) is 0 Å². The third-order valence-corrected chi connectivity index (χ3v) is 5.91. The van der Waals surface area contributed by atoms with Crippen molar-refractivity contribution in [1.29, 1.82) is 0 Å². The first-order valence-corrected chi connectivity index (χ1v) is 9.71. The molecule has 1 atom stereocenters. The third-order valence-electron chi connectivity index (χ3n) is 4.97. The van der Waals surface area contributed by atoms with Crippen LogP contribution in [-0.2, 0) is 0 Å². The molecule has 0 unspecified atom stereocenters. The fourth-order valence-corrected chi connectivity index (χ4v) is 4.26. The van der Waals surface area contributed by atoms with Crippen molar-refractivity contribution in [3.8, 4) is 0 Å². The second-order valence-corrected chi connectivity index (χ2v) is 7.61. The molecule has 1 aromatic carbocycles. The van der Waals surface area contributed by atoms with Crippen LogP contribution in [0, 0.1) is 5.92 Å². The van der Waals surface area contributed by atoms with Gasteiger partial charge in [0.05, 0.1) is 11.6 Å². The number of carbonyl (C=O) groups excluding carboxylic acids is 1. The number of piperidine rings is 1. The summed E-state index contributed by atoms with van der Waals surface area (Å²) in [6.45, 7) is 1.32. The number of benzene rings is 1. The molecule has 1 aliphatic rings. The molecule has 0 bridgehead atoms. The van der Waals surface area contributed by atoms with Crippen LogP contribution in [0.3, 0.4) is 0 Å². The molecule has 134 valence electrons. The summed E-state index contributed by atoms with van der Waals surface area (Å²) in [4.78, 5) is 19.7. The zero-order chi connectivity index (χ0) is 17.9. The molecular weight excluding hydrogens is 346 g/mol. The van der Waals surface area contributed by atoms with E-state index in [-0.39, 0.29) is 11.9 Å². The molecular formula is C20H21N3O2S. The molecule has 3 heterocycles. The fraction of sp³-hybridized carbons (Fsp3) is 0.300. The highest BCUT2D eigenvalue weighted by atomic mass is 32.1. The van der Waals surface area contributed by atoms with E-state index in [1.54, 1.807) is 17.5 Å². The number of rotatable bonds is 3. The number of likely N-dealkylation sites (tertiary alicyclic amines) is 1. The minimum absolute atomic E-state index is 0.0932. The lowest BCUT2D eigenvalue weighted by molar-refractivity contribution is 0.0708. The summed E-state index contributed by atoms with van der Waals surface area (Å²) < 4.78 is 0. The van der Waals surface area contributed by atoms with Gasteiger partial charge in [-0.15, -0.1) is 11.3 Å². The predicted octanol–water partition coefficient (Wildman–Crippen LogP) is 4.27. The number of pyridine rings is 1. The summed E-state index contributed by atoms with van der Waals surface area (Å²) in [6.07, 6.45) is 2.95.